The molecule has 1 aromatic carbocycles. The number of benzene rings is 1. The molecule has 0 saturated heterocycles. The van der Waals surface area contributed by atoms with E-state index in [1.165, 1.54) is 6.07 Å². The maximum absolute atomic E-state index is 10.8. The summed E-state index contributed by atoms with van der Waals surface area (Å²) < 4.78 is 0. The van der Waals surface area contributed by atoms with E-state index in [1.807, 2.05) is 0 Å². The van der Waals surface area contributed by atoms with Crippen LogP contribution < -0.4 is 0 Å². The van der Waals surface area contributed by atoms with Gasteiger partial charge in [-0.3, -0.25) is 0 Å². The molecule has 72 valence electrons. The highest BCUT2D eigenvalue weighted by atomic mass is 16.4. The molecular formula is C11H10O3. The van der Waals surface area contributed by atoms with Crippen LogP contribution in [-0.2, 0) is 4.79 Å². The highest BCUT2D eigenvalue weighted by molar-refractivity contribution is 5.99. The van der Waals surface area contributed by atoms with Gasteiger partial charge >= 0.3 is 5.97 Å². The van der Waals surface area contributed by atoms with E-state index in [1.54, 1.807) is 31.1 Å². The van der Waals surface area contributed by atoms with Crippen LogP contribution in [0.3, 0.4) is 0 Å². The fourth-order valence-corrected chi connectivity index (χ4v) is 1.25. The molecule has 14 heavy (non-hydrogen) atoms. The first-order valence-corrected chi connectivity index (χ1v) is 4.27. The van der Waals surface area contributed by atoms with Crippen LogP contribution in [0.2, 0.25) is 0 Å². The van der Waals surface area contributed by atoms with Gasteiger partial charge in [0.15, 0.2) is 0 Å². The Morgan fingerprint density at radius 1 is 1.36 bits per heavy atom. The van der Waals surface area contributed by atoms with Gasteiger partial charge in [-0.05, 0) is 12.5 Å². The summed E-state index contributed by atoms with van der Waals surface area (Å²) in [5.41, 5.74) is 0.994. The number of carboxylic acid groups (broad SMARTS) is 1. The Kier molecular flexibility index (Phi) is 3.21. The maximum Gasteiger partial charge on any atom is 0.336 e. The Morgan fingerprint density at radius 2 is 1.93 bits per heavy atom. The van der Waals surface area contributed by atoms with E-state index >= 15 is 0 Å². The normalized spacial score (nSPS) is 9.21. The minimum absolute atomic E-state index is 0.146. The number of allylic oxidation sites excluding steroid dienone is 1. The first-order valence-electron chi connectivity index (χ1n) is 4.27. The zero-order chi connectivity index (χ0) is 10.6. The number of carbonyl (C=O) groups excluding carboxylic acids is 1. The van der Waals surface area contributed by atoms with Crippen LogP contribution >= 0.6 is 0 Å². The van der Waals surface area contributed by atoms with Gasteiger partial charge in [0.2, 0.25) is 0 Å². The third kappa shape index (κ3) is 1.90. The monoisotopic (exact) mass is 190 g/mol. The summed E-state index contributed by atoms with van der Waals surface area (Å²) in [5.74, 6) is 0.741. The van der Waals surface area contributed by atoms with E-state index in [9.17, 15) is 9.59 Å². The Hall–Kier alpha value is -1.86. The van der Waals surface area contributed by atoms with Gasteiger partial charge in [-0.15, -0.1) is 0 Å². The van der Waals surface area contributed by atoms with Gasteiger partial charge in [-0.2, -0.15) is 0 Å². The topological polar surface area (TPSA) is 54.4 Å². The molecule has 0 amide bonds. The molecule has 0 aliphatic rings. The molecule has 1 rings (SSSR count). The summed E-state index contributed by atoms with van der Waals surface area (Å²) in [6.45, 7) is 1.79. The molecule has 0 heterocycles. The summed E-state index contributed by atoms with van der Waals surface area (Å²) in [5, 5.41) is 8.86. The van der Waals surface area contributed by atoms with Crippen molar-refractivity contribution in [3.8, 4) is 0 Å². The molecular weight excluding hydrogens is 180 g/mol. The van der Waals surface area contributed by atoms with Crippen LogP contribution in [0, 0.1) is 0 Å². The van der Waals surface area contributed by atoms with E-state index in [0.29, 0.717) is 17.6 Å². The van der Waals surface area contributed by atoms with Crippen molar-refractivity contribution in [3.63, 3.8) is 0 Å². The van der Waals surface area contributed by atoms with Crippen LogP contribution in [0.25, 0.3) is 5.57 Å². The Balaban J connectivity index is 3.33. The highest BCUT2D eigenvalue weighted by Gasteiger charge is 2.11. The maximum atomic E-state index is 10.8. The molecule has 0 bridgehead atoms. The second-order valence-electron chi connectivity index (χ2n) is 2.78. The number of hydrogen-bond donors (Lipinski definition) is 1. The lowest BCUT2D eigenvalue weighted by Gasteiger charge is -2.04. The summed E-state index contributed by atoms with van der Waals surface area (Å²) in [4.78, 5) is 21.4. The number of rotatable bonds is 3. The number of hydrogen-bond acceptors (Lipinski definition) is 2. The third-order valence-corrected chi connectivity index (χ3v) is 1.96. The second kappa shape index (κ2) is 4.40. The number of aromatic carboxylic acids is 1. The SMILES string of the molecule is CCC(=C=O)c1ccccc1C(=O)O. The standard InChI is InChI=1S/C11H10O3/c1-2-8(7-12)9-5-3-4-6-10(9)11(13)14/h3-6H,2H2,1H3,(H,13,14). The molecule has 0 aromatic heterocycles. The Labute approximate surface area is 81.7 Å². The lowest BCUT2D eigenvalue weighted by molar-refractivity contribution is 0.0696. The lowest BCUT2D eigenvalue weighted by atomic mass is 9.99. The van der Waals surface area contributed by atoms with E-state index in [-0.39, 0.29) is 5.56 Å². The van der Waals surface area contributed by atoms with Crippen molar-refractivity contribution in [1.29, 1.82) is 0 Å². The van der Waals surface area contributed by atoms with Crippen LogP contribution in [-0.4, -0.2) is 17.0 Å². The van der Waals surface area contributed by atoms with Gasteiger partial charge < -0.3 is 5.11 Å². The molecule has 0 atom stereocenters. The van der Waals surface area contributed by atoms with Crippen molar-refractivity contribution in [2.45, 2.75) is 13.3 Å². The fourth-order valence-electron chi connectivity index (χ4n) is 1.25. The van der Waals surface area contributed by atoms with Crippen LogP contribution in [0.4, 0.5) is 0 Å². The molecule has 1 N–H and O–H groups in total. The van der Waals surface area contributed by atoms with Crippen molar-refractivity contribution in [2.24, 2.45) is 0 Å². The molecule has 0 aliphatic heterocycles. The smallest absolute Gasteiger partial charge is 0.336 e. The second-order valence-corrected chi connectivity index (χ2v) is 2.78. The van der Waals surface area contributed by atoms with E-state index in [0.717, 1.165) is 0 Å². The van der Waals surface area contributed by atoms with Gasteiger partial charge in [0.1, 0.15) is 5.94 Å². The average Bonchev–Trinajstić information content (AvgIpc) is 2.20. The molecule has 0 fully saturated rings. The van der Waals surface area contributed by atoms with Crippen molar-refractivity contribution in [3.05, 3.63) is 35.4 Å². The van der Waals surface area contributed by atoms with Crippen molar-refractivity contribution >= 4 is 17.5 Å². The highest BCUT2D eigenvalue weighted by Crippen LogP contribution is 2.19. The molecule has 0 unspecified atom stereocenters. The van der Waals surface area contributed by atoms with Gasteiger partial charge in [-0.25, -0.2) is 9.59 Å². The zero-order valence-corrected chi connectivity index (χ0v) is 7.78. The largest absolute Gasteiger partial charge is 0.478 e. The van der Waals surface area contributed by atoms with Crippen LogP contribution in [0.15, 0.2) is 24.3 Å². The summed E-state index contributed by atoms with van der Waals surface area (Å²) in [6.07, 6.45) is 0.480. The molecule has 0 aliphatic carbocycles. The molecule has 0 saturated carbocycles. The van der Waals surface area contributed by atoms with Gasteiger partial charge in [-0.1, -0.05) is 25.1 Å². The quantitative estimate of drug-likeness (QED) is 0.742. The summed E-state index contributed by atoms with van der Waals surface area (Å²) in [7, 11) is 0. The van der Waals surface area contributed by atoms with E-state index < -0.39 is 5.97 Å². The van der Waals surface area contributed by atoms with Gasteiger partial charge in [0.05, 0.1) is 5.56 Å². The number of carbonyl (C=O) groups is 1. The van der Waals surface area contributed by atoms with Crippen molar-refractivity contribution < 1.29 is 14.7 Å². The first-order chi connectivity index (χ1) is 6.70. The third-order valence-electron chi connectivity index (χ3n) is 1.96. The molecule has 1 aromatic rings. The minimum atomic E-state index is -1.03. The van der Waals surface area contributed by atoms with Crippen LogP contribution in [0.5, 0.6) is 0 Å². The van der Waals surface area contributed by atoms with E-state index in [4.69, 9.17) is 5.11 Å². The van der Waals surface area contributed by atoms with E-state index in [2.05, 4.69) is 0 Å². The summed E-state index contributed by atoms with van der Waals surface area (Å²) >= 11 is 0. The Morgan fingerprint density at radius 3 is 2.36 bits per heavy atom. The average molecular weight is 190 g/mol. The molecule has 0 radical (unpaired) electrons. The summed E-state index contributed by atoms with van der Waals surface area (Å²) in [6, 6.07) is 6.43. The van der Waals surface area contributed by atoms with Gasteiger partial charge in [0.25, 0.3) is 0 Å². The fraction of sp³-hybridized carbons (Fsp3) is 0.182. The first kappa shape index (κ1) is 10.2. The number of carboxylic acids is 1. The minimum Gasteiger partial charge on any atom is -0.478 e. The molecule has 3 nitrogen and oxygen atoms in total. The van der Waals surface area contributed by atoms with Gasteiger partial charge in [0, 0.05) is 11.1 Å². The van der Waals surface area contributed by atoms with Crippen molar-refractivity contribution in [2.75, 3.05) is 0 Å². The predicted molar refractivity (Wildman–Crippen MR) is 52.8 cm³/mol. The lowest BCUT2D eigenvalue weighted by Crippen LogP contribution is -2.01. The van der Waals surface area contributed by atoms with Crippen LogP contribution in [0.1, 0.15) is 29.3 Å². The molecule has 0 spiro atoms. The Bertz CT molecular complexity index is 401. The van der Waals surface area contributed by atoms with Crippen molar-refractivity contribution in [1.82, 2.24) is 0 Å². The zero-order valence-electron chi connectivity index (χ0n) is 7.78. The molecule has 3 heteroatoms. The predicted octanol–water partition coefficient (Wildman–Crippen LogP) is 2.01.